The summed E-state index contributed by atoms with van der Waals surface area (Å²) in [4.78, 5) is 11.3. The number of methoxy groups -OCH3 is 1. The highest BCUT2D eigenvalue weighted by atomic mass is 16.6. The molecule has 1 aliphatic rings. The molecule has 0 aliphatic carbocycles. The van der Waals surface area contributed by atoms with E-state index in [1.54, 1.807) is 0 Å². The molecule has 2 rings (SSSR count). The van der Waals surface area contributed by atoms with Gasteiger partial charge < -0.3 is 9.47 Å². The molecule has 1 atom stereocenters. The van der Waals surface area contributed by atoms with Crippen LogP contribution in [-0.2, 0) is 19.9 Å². The first-order valence-corrected chi connectivity index (χ1v) is 4.07. The van der Waals surface area contributed by atoms with Crippen molar-refractivity contribution in [3.8, 4) is 0 Å². The lowest BCUT2D eigenvalue weighted by Gasteiger charge is -2.08. The zero-order chi connectivity index (χ0) is 9.31. The third kappa shape index (κ3) is 1.21. The van der Waals surface area contributed by atoms with Gasteiger partial charge in [-0.1, -0.05) is 30.3 Å². The van der Waals surface area contributed by atoms with Crippen LogP contribution in [0, 0.1) is 0 Å². The number of ether oxygens (including phenoxy) is 2. The van der Waals surface area contributed by atoms with Crippen LogP contribution in [0.25, 0.3) is 0 Å². The van der Waals surface area contributed by atoms with Crippen LogP contribution in [0.5, 0.6) is 0 Å². The summed E-state index contributed by atoms with van der Waals surface area (Å²) in [5.74, 6) is -0.321. The summed E-state index contributed by atoms with van der Waals surface area (Å²) in [6.07, 6.45) is 0. The van der Waals surface area contributed by atoms with E-state index in [9.17, 15) is 4.79 Å². The van der Waals surface area contributed by atoms with Crippen molar-refractivity contribution in [3.05, 3.63) is 35.9 Å². The maximum atomic E-state index is 11.3. The fourth-order valence-electron chi connectivity index (χ4n) is 1.35. The van der Waals surface area contributed by atoms with E-state index in [1.807, 2.05) is 30.3 Å². The average molecular weight is 178 g/mol. The van der Waals surface area contributed by atoms with E-state index >= 15 is 0 Å². The SMILES string of the molecule is COC(=O)C1(c2ccccc2)CO1. The van der Waals surface area contributed by atoms with Gasteiger partial charge in [-0.05, 0) is 5.56 Å². The normalized spacial score (nSPS) is 25.3. The predicted molar refractivity (Wildman–Crippen MR) is 46.1 cm³/mol. The lowest BCUT2D eigenvalue weighted by molar-refractivity contribution is -0.147. The molecule has 1 aliphatic heterocycles. The van der Waals surface area contributed by atoms with Crippen LogP contribution in [-0.4, -0.2) is 19.7 Å². The molecule has 0 saturated carbocycles. The first-order valence-electron chi connectivity index (χ1n) is 4.07. The van der Waals surface area contributed by atoms with Crippen LogP contribution in [0.15, 0.2) is 30.3 Å². The van der Waals surface area contributed by atoms with Gasteiger partial charge in [-0.2, -0.15) is 0 Å². The molecule has 3 nitrogen and oxygen atoms in total. The van der Waals surface area contributed by atoms with Crippen molar-refractivity contribution < 1.29 is 14.3 Å². The largest absolute Gasteiger partial charge is 0.467 e. The zero-order valence-corrected chi connectivity index (χ0v) is 7.32. The summed E-state index contributed by atoms with van der Waals surface area (Å²) in [6.45, 7) is 0.420. The van der Waals surface area contributed by atoms with Gasteiger partial charge in [-0.3, -0.25) is 0 Å². The fraction of sp³-hybridized carbons (Fsp3) is 0.300. The fourth-order valence-corrected chi connectivity index (χ4v) is 1.35. The topological polar surface area (TPSA) is 38.8 Å². The maximum absolute atomic E-state index is 11.3. The van der Waals surface area contributed by atoms with E-state index in [4.69, 9.17) is 4.74 Å². The van der Waals surface area contributed by atoms with E-state index in [1.165, 1.54) is 7.11 Å². The van der Waals surface area contributed by atoms with Gasteiger partial charge in [0.25, 0.3) is 0 Å². The molecule has 0 spiro atoms. The summed E-state index contributed by atoms with van der Waals surface area (Å²) in [5.41, 5.74) is 0.0533. The second-order valence-corrected chi connectivity index (χ2v) is 2.97. The highest BCUT2D eigenvalue weighted by Gasteiger charge is 2.55. The number of epoxide rings is 1. The monoisotopic (exact) mass is 178 g/mol. The van der Waals surface area contributed by atoms with Crippen molar-refractivity contribution in [2.24, 2.45) is 0 Å². The minimum Gasteiger partial charge on any atom is -0.467 e. The molecule has 0 aromatic heterocycles. The third-order valence-corrected chi connectivity index (χ3v) is 2.19. The number of carbonyl (C=O) groups is 1. The van der Waals surface area contributed by atoms with E-state index in [0.29, 0.717) is 6.61 Å². The van der Waals surface area contributed by atoms with Gasteiger partial charge in [-0.25, -0.2) is 4.79 Å². The Hall–Kier alpha value is -1.35. The Balaban J connectivity index is 2.31. The van der Waals surface area contributed by atoms with Crippen molar-refractivity contribution in [1.29, 1.82) is 0 Å². The van der Waals surface area contributed by atoms with Gasteiger partial charge in [0.2, 0.25) is 5.60 Å². The average Bonchev–Trinajstić information content (AvgIpc) is 2.99. The predicted octanol–water partition coefficient (Wildman–Crippen LogP) is 1.09. The molecule has 68 valence electrons. The summed E-state index contributed by atoms with van der Waals surface area (Å²) >= 11 is 0. The molecule has 3 heteroatoms. The van der Waals surface area contributed by atoms with E-state index in [0.717, 1.165) is 5.56 Å². The Bertz CT molecular complexity index is 314. The first kappa shape index (κ1) is 8.26. The summed E-state index contributed by atoms with van der Waals surface area (Å²) in [7, 11) is 1.37. The van der Waals surface area contributed by atoms with Crippen LogP contribution in [0.4, 0.5) is 0 Å². The van der Waals surface area contributed by atoms with Crippen LogP contribution in [0.2, 0.25) is 0 Å². The Morgan fingerprint density at radius 1 is 1.46 bits per heavy atom. The summed E-state index contributed by atoms with van der Waals surface area (Å²) in [6, 6.07) is 9.38. The van der Waals surface area contributed by atoms with Crippen LogP contribution in [0.3, 0.4) is 0 Å². The highest BCUT2D eigenvalue weighted by molar-refractivity contribution is 5.84. The standard InChI is InChI=1S/C10H10O3/c1-12-9(11)10(7-13-10)8-5-3-2-4-6-8/h2-6H,7H2,1H3. The van der Waals surface area contributed by atoms with Crippen LogP contribution < -0.4 is 0 Å². The molecular weight excluding hydrogens is 168 g/mol. The molecule has 0 radical (unpaired) electrons. The quantitative estimate of drug-likeness (QED) is 0.502. The number of hydrogen-bond acceptors (Lipinski definition) is 3. The zero-order valence-electron chi connectivity index (χ0n) is 7.32. The molecule has 1 fully saturated rings. The third-order valence-electron chi connectivity index (χ3n) is 2.19. The van der Waals surface area contributed by atoms with Gasteiger partial charge in [0, 0.05) is 0 Å². The summed E-state index contributed by atoms with van der Waals surface area (Å²) in [5, 5.41) is 0. The second-order valence-electron chi connectivity index (χ2n) is 2.97. The molecule has 13 heavy (non-hydrogen) atoms. The van der Waals surface area contributed by atoms with Crippen LogP contribution >= 0.6 is 0 Å². The van der Waals surface area contributed by atoms with Crippen molar-refractivity contribution in [2.45, 2.75) is 5.60 Å². The minimum atomic E-state index is -0.810. The van der Waals surface area contributed by atoms with Gasteiger partial charge in [0.15, 0.2) is 0 Å². The smallest absolute Gasteiger partial charge is 0.345 e. The summed E-state index contributed by atoms with van der Waals surface area (Å²) < 4.78 is 9.83. The van der Waals surface area contributed by atoms with Gasteiger partial charge >= 0.3 is 5.97 Å². The van der Waals surface area contributed by atoms with E-state index in [-0.39, 0.29) is 5.97 Å². The lowest BCUT2D eigenvalue weighted by atomic mass is 10.0. The number of hydrogen-bond donors (Lipinski definition) is 0. The molecule has 1 unspecified atom stereocenters. The first-order chi connectivity index (χ1) is 6.29. The molecular formula is C10H10O3. The van der Waals surface area contributed by atoms with Gasteiger partial charge in [0.1, 0.15) is 0 Å². The van der Waals surface area contributed by atoms with Gasteiger partial charge in [0.05, 0.1) is 13.7 Å². The molecule has 0 N–H and O–H groups in total. The van der Waals surface area contributed by atoms with E-state index in [2.05, 4.69) is 4.74 Å². The Kier molecular flexibility index (Phi) is 1.81. The minimum absolute atomic E-state index is 0.321. The lowest BCUT2D eigenvalue weighted by Crippen LogP contribution is -2.23. The number of esters is 1. The molecule has 1 heterocycles. The number of benzene rings is 1. The van der Waals surface area contributed by atoms with Gasteiger partial charge in [-0.15, -0.1) is 0 Å². The Morgan fingerprint density at radius 3 is 2.54 bits per heavy atom. The highest BCUT2D eigenvalue weighted by Crippen LogP contribution is 2.39. The van der Waals surface area contributed by atoms with E-state index < -0.39 is 5.60 Å². The van der Waals surface area contributed by atoms with Crippen molar-refractivity contribution >= 4 is 5.97 Å². The Morgan fingerprint density at radius 2 is 2.08 bits per heavy atom. The van der Waals surface area contributed by atoms with Crippen molar-refractivity contribution in [3.63, 3.8) is 0 Å². The molecule has 0 amide bonds. The molecule has 0 bridgehead atoms. The number of rotatable bonds is 2. The molecule has 1 saturated heterocycles. The Labute approximate surface area is 76.3 Å². The molecule has 1 aromatic carbocycles. The number of carbonyl (C=O) groups excluding carboxylic acids is 1. The second kappa shape index (κ2) is 2.85. The maximum Gasteiger partial charge on any atom is 0.345 e. The van der Waals surface area contributed by atoms with Crippen molar-refractivity contribution in [2.75, 3.05) is 13.7 Å². The molecule has 1 aromatic rings. The van der Waals surface area contributed by atoms with Crippen LogP contribution in [0.1, 0.15) is 5.56 Å². The van der Waals surface area contributed by atoms with Crippen molar-refractivity contribution in [1.82, 2.24) is 0 Å².